The van der Waals surface area contributed by atoms with E-state index in [1.165, 1.54) is 32.7 Å². The normalized spacial score (nSPS) is 11.2. The molecule has 4 aromatic rings. The number of H-pyrrole nitrogens is 1. The number of hydrogen-bond acceptors (Lipinski definition) is 6. The minimum atomic E-state index is -0.459. The average molecular weight is 422 g/mol. The van der Waals surface area contributed by atoms with Gasteiger partial charge in [-0.15, -0.1) is 0 Å². The summed E-state index contributed by atoms with van der Waals surface area (Å²) in [5, 5.41) is 10.6. The number of oxazole rings is 1. The van der Waals surface area contributed by atoms with Crippen LogP contribution >= 0.6 is 0 Å². The minimum Gasteiger partial charge on any atom is -0.495 e. The highest BCUT2D eigenvalue weighted by Gasteiger charge is 2.19. The van der Waals surface area contributed by atoms with E-state index in [1.807, 2.05) is 0 Å². The van der Waals surface area contributed by atoms with Gasteiger partial charge in [0.15, 0.2) is 11.6 Å². The van der Waals surface area contributed by atoms with Crippen molar-refractivity contribution >= 4 is 29.0 Å². The summed E-state index contributed by atoms with van der Waals surface area (Å²) >= 11 is 0. The second kappa shape index (κ2) is 8.70. The van der Waals surface area contributed by atoms with Crippen molar-refractivity contribution in [1.82, 2.24) is 20.5 Å². The number of aromatic nitrogens is 3. The molecule has 0 spiro atoms. The number of ether oxygens (including phenoxy) is 2. The Morgan fingerprint density at radius 2 is 2.10 bits per heavy atom. The van der Waals surface area contributed by atoms with Gasteiger partial charge in [0.2, 0.25) is 5.89 Å². The zero-order chi connectivity index (χ0) is 21.8. The molecular formula is C22H19FN4O4. The van der Waals surface area contributed by atoms with Crippen molar-refractivity contribution in [2.75, 3.05) is 14.2 Å². The lowest BCUT2D eigenvalue weighted by Crippen LogP contribution is -2.23. The van der Waals surface area contributed by atoms with Crippen LogP contribution in [0.15, 0.2) is 47.2 Å². The molecule has 2 N–H and O–H groups in total. The number of fused-ring (bicyclic) bond motifs is 1. The number of benzene rings is 2. The number of amides is 1. The van der Waals surface area contributed by atoms with E-state index >= 15 is 0 Å². The maximum absolute atomic E-state index is 13.9. The number of methoxy groups -OCH3 is 2. The number of aromatic amines is 1. The maximum Gasteiger partial charge on any atom is 0.255 e. The SMILES string of the molecule is COc1ccc(/C=C/c2n[nH]c3ccc(C(=O)NCc4ncco4)c(OC)c23)cc1F. The lowest BCUT2D eigenvalue weighted by molar-refractivity contribution is 0.0944. The van der Waals surface area contributed by atoms with Gasteiger partial charge in [0.25, 0.3) is 5.91 Å². The fraction of sp³-hybridized carbons (Fsp3) is 0.136. The van der Waals surface area contributed by atoms with Crippen molar-refractivity contribution in [2.24, 2.45) is 0 Å². The number of carbonyl (C=O) groups excluding carboxylic acids is 1. The summed E-state index contributed by atoms with van der Waals surface area (Å²) in [6.45, 7) is 0.147. The molecule has 0 aliphatic carbocycles. The molecule has 0 aliphatic rings. The van der Waals surface area contributed by atoms with E-state index in [-0.39, 0.29) is 18.2 Å². The van der Waals surface area contributed by atoms with Crippen LogP contribution in [-0.4, -0.2) is 35.3 Å². The first-order chi connectivity index (χ1) is 15.1. The number of nitrogens with zero attached hydrogens (tertiary/aromatic N) is 2. The number of halogens is 1. The van der Waals surface area contributed by atoms with Gasteiger partial charge >= 0.3 is 0 Å². The van der Waals surface area contributed by atoms with Gasteiger partial charge in [-0.3, -0.25) is 9.89 Å². The van der Waals surface area contributed by atoms with E-state index in [9.17, 15) is 9.18 Å². The predicted octanol–water partition coefficient (Wildman–Crippen LogP) is 3.81. The molecule has 0 bridgehead atoms. The molecule has 0 unspecified atom stereocenters. The first-order valence-corrected chi connectivity index (χ1v) is 9.34. The van der Waals surface area contributed by atoms with Gasteiger partial charge in [-0.05, 0) is 35.9 Å². The zero-order valence-electron chi connectivity index (χ0n) is 16.8. The number of carbonyl (C=O) groups is 1. The quantitative estimate of drug-likeness (QED) is 0.470. The Morgan fingerprint density at radius 1 is 1.23 bits per heavy atom. The van der Waals surface area contributed by atoms with Crippen molar-refractivity contribution in [1.29, 1.82) is 0 Å². The van der Waals surface area contributed by atoms with Crippen LogP contribution in [0.1, 0.15) is 27.5 Å². The van der Waals surface area contributed by atoms with Gasteiger partial charge in [0.05, 0.1) is 49.1 Å². The lowest BCUT2D eigenvalue weighted by Gasteiger charge is -2.10. The van der Waals surface area contributed by atoms with E-state index in [4.69, 9.17) is 13.9 Å². The molecule has 2 heterocycles. The second-order valence-corrected chi connectivity index (χ2v) is 6.51. The van der Waals surface area contributed by atoms with Crippen LogP contribution < -0.4 is 14.8 Å². The molecule has 158 valence electrons. The number of hydrogen-bond donors (Lipinski definition) is 2. The van der Waals surface area contributed by atoms with Crippen molar-refractivity contribution in [3.05, 3.63) is 71.3 Å². The summed E-state index contributed by atoms with van der Waals surface area (Å²) in [5.74, 6) is 0.137. The first kappa shape index (κ1) is 20.1. The van der Waals surface area contributed by atoms with Crippen LogP contribution in [0, 0.1) is 5.82 Å². The van der Waals surface area contributed by atoms with Gasteiger partial charge in [0, 0.05) is 0 Å². The molecule has 31 heavy (non-hydrogen) atoms. The van der Waals surface area contributed by atoms with Gasteiger partial charge in [-0.1, -0.05) is 12.1 Å². The van der Waals surface area contributed by atoms with Crippen molar-refractivity contribution in [3.63, 3.8) is 0 Å². The predicted molar refractivity (Wildman–Crippen MR) is 112 cm³/mol. The Morgan fingerprint density at radius 3 is 2.81 bits per heavy atom. The second-order valence-electron chi connectivity index (χ2n) is 6.51. The molecule has 2 aromatic carbocycles. The average Bonchev–Trinajstić information content (AvgIpc) is 3.45. The van der Waals surface area contributed by atoms with Crippen LogP contribution in [0.5, 0.6) is 11.5 Å². The van der Waals surface area contributed by atoms with Crippen molar-refractivity contribution < 1.29 is 23.1 Å². The van der Waals surface area contributed by atoms with Crippen LogP contribution in [0.25, 0.3) is 23.1 Å². The molecule has 0 atom stereocenters. The molecule has 0 radical (unpaired) electrons. The number of nitrogens with one attached hydrogen (secondary N) is 2. The zero-order valence-corrected chi connectivity index (χ0v) is 16.8. The topological polar surface area (TPSA) is 102 Å². The summed E-state index contributed by atoms with van der Waals surface area (Å²) < 4.78 is 29.6. The summed E-state index contributed by atoms with van der Waals surface area (Å²) in [6.07, 6.45) is 6.38. The Bertz CT molecular complexity index is 1250. The summed E-state index contributed by atoms with van der Waals surface area (Å²) in [4.78, 5) is 16.7. The summed E-state index contributed by atoms with van der Waals surface area (Å²) in [7, 11) is 2.90. The third kappa shape index (κ3) is 4.11. The highest BCUT2D eigenvalue weighted by Crippen LogP contribution is 2.32. The molecule has 0 saturated carbocycles. The Balaban J connectivity index is 1.65. The maximum atomic E-state index is 13.9. The third-order valence-electron chi connectivity index (χ3n) is 4.65. The van der Waals surface area contributed by atoms with E-state index in [2.05, 4.69) is 20.5 Å². The summed E-state index contributed by atoms with van der Waals surface area (Å²) in [5.41, 5.74) is 2.22. The molecular weight excluding hydrogens is 403 g/mol. The monoisotopic (exact) mass is 422 g/mol. The van der Waals surface area contributed by atoms with E-state index in [1.54, 1.807) is 36.4 Å². The Labute approximate surface area is 176 Å². The van der Waals surface area contributed by atoms with Gasteiger partial charge in [-0.25, -0.2) is 9.37 Å². The lowest BCUT2D eigenvalue weighted by atomic mass is 10.1. The van der Waals surface area contributed by atoms with E-state index in [0.717, 1.165) is 0 Å². The molecule has 8 nitrogen and oxygen atoms in total. The molecule has 1 amide bonds. The molecule has 0 saturated heterocycles. The standard InChI is InChI=1S/C22H19FN4O4/c1-29-18-8-4-13(11-15(18)23)3-6-16-20-17(27-26-16)7-5-14(21(20)30-2)22(28)25-12-19-24-9-10-31-19/h3-11H,12H2,1-2H3,(H,25,28)(H,26,27)/b6-3+. The van der Waals surface area contributed by atoms with Gasteiger partial charge < -0.3 is 19.2 Å². The molecule has 2 aromatic heterocycles. The Kier molecular flexibility index (Phi) is 5.65. The van der Waals surface area contributed by atoms with Crippen LogP contribution in [0.2, 0.25) is 0 Å². The Hall–Kier alpha value is -4.14. The van der Waals surface area contributed by atoms with Gasteiger partial charge in [0.1, 0.15) is 12.0 Å². The van der Waals surface area contributed by atoms with E-state index < -0.39 is 5.82 Å². The summed E-state index contributed by atoms with van der Waals surface area (Å²) in [6, 6.07) is 8.04. The van der Waals surface area contributed by atoms with E-state index in [0.29, 0.717) is 39.4 Å². The third-order valence-corrected chi connectivity index (χ3v) is 4.65. The largest absolute Gasteiger partial charge is 0.495 e. The molecule has 9 heteroatoms. The minimum absolute atomic E-state index is 0.147. The van der Waals surface area contributed by atoms with Crippen LogP contribution in [0.4, 0.5) is 4.39 Å². The van der Waals surface area contributed by atoms with Gasteiger partial charge in [-0.2, -0.15) is 5.10 Å². The van der Waals surface area contributed by atoms with Crippen LogP contribution in [-0.2, 0) is 6.54 Å². The fourth-order valence-electron chi connectivity index (χ4n) is 3.17. The molecule has 0 fully saturated rings. The highest BCUT2D eigenvalue weighted by atomic mass is 19.1. The highest BCUT2D eigenvalue weighted by molar-refractivity contribution is 6.05. The smallest absolute Gasteiger partial charge is 0.255 e. The van der Waals surface area contributed by atoms with Crippen molar-refractivity contribution in [3.8, 4) is 11.5 Å². The van der Waals surface area contributed by atoms with Crippen molar-refractivity contribution in [2.45, 2.75) is 6.54 Å². The fourth-order valence-corrected chi connectivity index (χ4v) is 3.17. The first-order valence-electron chi connectivity index (χ1n) is 9.34. The molecule has 0 aliphatic heterocycles. The van der Waals surface area contributed by atoms with Crippen LogP contribution in [0.3, 0.4) is 0 Å². The number of rotatable bonds is 7. The molecule has 4 rings (SSSR count).